The highest BCUT2D eigenvalue weighted by molar-refractivity contribution is 5.93. The topological polar surface area (TPSA) is 53.4 Å². The van der Waals surface area contributed by atoms with Crippen LogP contribution in [-0.2, 0) is 0 Å². The SMILES string of the molecule is CN(CC1CCCC1)c1ncc(F)cc1C(=O)O. The highest BCUT2D eigenvalue weighted by atomic mass is 19.1. The summed E-state index contributed by atoms with van der Waals surface area (Å²) in [6.07, 6.45) is 5.89. The third kappa shape index (κ3) is 2.78. The van der Waals surface area contributed by atoms with Gasteiger partial charge in [0.2, 0.25) is 0 Å². The minimum Gasteiger partial charge on any atom is -0.478 e. The third-order valence-corrected chi connectivity index (χ3v) is 3.43. The van der Waals surface area contributed by atoms with Gasteiger partial charge in [-0.25, -0.2) is 14.2 Å². The van der Waals surface area contributed by atoms with Crippen LogP contribution in [0.4, 0.5) is 10.2 Å². The van der Waals surface area contributed by atoms with Crippen molar-refractivity contribution in [3.8, 4) is 0 Å². The third-order valence-electron chi connectivity index (χ3n) is 3.43. The van der Waals surface area contributed by atoms with E-state index >= 15 is 0 Å². The second-order valence-corrected chi connectivity index (χ2v) is 4.86. The van der Waals surface area contributed by atoms with E-state index in [4.69, 9.17) is 5.11 Å². The van der Waals surface area contributed by atoms with Gasteiger partial charge in [-0.1, -0.05) is 12.8 Å². The van der Waals surface area contributed by atoms with Gasteiger partial charge in [0, 0.05) is 13.6 Å². The van der Waals surface area contributed by atoms with Crippen LogP contribution < -0.4 is 4.90 Å². The maximum atomic E-state index is 13.0. The molecule has 0 saturated heterocycles. The fourth-order valence-electron chi connectivity index (χ4n) is 2.56. The van der Waals surface area contributed by atoms with E-state index in [0.29, 0.717) is 11.7 Å². The van der Waals surface area contributed by atoms with Crippen molar-refractivity contribution in [2.45, 2.75) is 25.7 Å². The van der Waals surface area contributed by atoms with Crippen molar-refractivity contribution in [2.75, 3.05) is 18.5 Å². The number of hydrogen-bond donors (Lipinski definition) is 1. The van der Waals surface area contributed by atoms with Crippen LogP contribution in [0, 0.1) is 11.7 Å². The van der Waals surface area contributed by atoms with E-state index in [2.05, 4.69) is 4.98 Å². The van der Waals surface area contributed by atoms with Crippen molar-refractivity contribution in [3.05, 3.63) is 23.6 Å². The highest BCUT2D eigenvalue weighted by Crippen LogP contribution is 2.27. The maximum absolute atomic E-state index is 13.0. The fourth-order valence-corrected chi connectivity index (χ4v) is 2.56. The summed E-state index contributed by atoms with van der Waals surface area (Å²) in [6.45, 7) is 0.777. The van der Waals surface area contributed by atoms with Gasteiger partial charge in [0.25, 0.3) is 0 Å². The first-order chi connectivity index (χ1) is 8.58. The molecule has 2 rings (SSSR count). The summed E-state index contributed by atoms with van der Waals surface area (Å²) in [6, 6.07) is 1.02. The number of pyridine rings is 1. The van der Waals surface area contributed by atoms with Crippen LogP contribution in [0.3, 0.4) is 0 Å². The minimum atomic E-state index is -1.14. The molecule has 0 unspecified atom stereocenters. The van der Waals surface area contributed by atoms with Gasteiger partial charge >= 0.3 is 5.97 Å². The molecule has 4 nitrogen and oxygen atoms in total. The van der Waals surface area contributed by atoms with Gasteiger partial charge in [0.15, 0.2) is 0 Å². The number of nitrogens with zero attached hydrogens (tertiary/aromatic N) is 2. The molecule has 1 aromatic rings. The Hall–Kier alpha value is -1.65. The van der Waals surface area contributed by atoms with Crippen molar-refractivity contribution < 1.29 is 14.3 Å². The molecule has 0 atom stereocenters. The molecule has 0 radical (unpaired) electrons. The molecule has 0 spiro atoms. The molecule has 0 amide bonds. The second kappa shape index (κ2) is 5.33. The fraction of sp³-hybridized carbons (Fsp3) is 0.538. The molecule has 0 aliphatic heterocycles. The largest absolute Gasteiger partial charge is 0.478 e. The highest BCUT2D eigenvalue weighted by Gasteiger charge is 2.21. The van der Waals surface area contributed by atoms with Gasteiger partial charge in [-0.3, -0.25) is 0 Å². The maximum Gasteiger partial charge on any atom is 0.339 e. The van der Waals surface area contributed by atoms with Crippen LogP contribution in [0.1, 0.15) is 36.0 Å². The average molecular weight is 252 g/mol. The quantitative estimate of drug-likeness (QED) is 0.894. The standard InChI is InChI=1S/C13H17FN2O2/c1-16(8-9-4-2-3-5-9)12-11(13(17)18)6-10(14)7-15-12/h6-7,9H,2-5,8H2,1H3,(H,17,18). The Kier molecular flexibility index (Phi) is 3.79. The van der Waals surface area contributed by atoms with Gasteiger partial charge in [0.05, 0.1) is 6.20 Å². The van der Waals surface area contributed by atoms with Crippen molar-refractivity contribution in [1.29, 1.82) is 0 Å². The predicted molar refractivity (Wildman–Crippen MR) is 66.4 cm³/mol. The van der Waals surface area contributed by atoms with Crippen molar-refractivity contribution >= 4 is 11.8 Å². The smallest absolute Gasteiger partial charge is 0.339 e. The van der Waals surface area contributed by atoms with Crippen molar-refractivity contribution in [3.63, 3.8) is 0 Å². The lowest BCUT2D eigenvalue weighted by atomic mass is 10.1. The predicted octanol–water partition coefficient (Wildman–Crippen LogP) is 2.55. The Bertz CT molecular complexity index is 445. The molecule has 1 fully saturated rings. The van der Waals surface area contributed by atoms with Gasteiger partial charge < -0.3 is 10.0 Å². The molecule has 1 N–H and O–H groups in total. The van der Waals surface area contributed by atoms with Gasteiger partial charge in [-0.2, -0.15) is 0 Å². The van der Waals surface area contributed by atoms with Crippen LogP contribution in [0.5, 0.6) is 0 Å². The summed E-state index contributed by atoms with van der Waals surface area (Å²) >= 11 is 0. The molecule has 5 heteroatoms. The normalized spacial score (nSPS) is 15.9. The van der Waals surface area contributed by atoms with E-state index in [1.165, 1.54) is 25.7 Å². The first-order valence-corrected chi connectivity index (χ1v) is 6.18. The molecule has 1 aliphatic carbocycles. The summed E-state index contributed by atoms with van der Waals surface area (Å²) in [5.41, 5.74) is -0.0736. The second-order valence-electron chi connectivity index (χ2n) is 4.86. The average Bonchev–Trinajstić information content (AvgIpc) is 2.81. The van der Waals surface area contributed by atoms with Crippen LogP contribution in [0.25, 0.3) is 0 Å². The van der Waals surface area contributed by atoms with Gasteiger partial charge in [-0.15, -0.1) is 0 Å². The summed E-state index contributed by atoms with van der Waals surface area (Å²) < 4.78 is 13.0. The molecule has 0 bridgehead atoms. The van der Waals surface area contributed by atoms with Crippen molar-refractivity contribution in [2.24, 2.45) is 5.92 Å². The van der Waals surface area contributed by atoms with Crippen LogP contribution >= 0.6 is 0 Å². The van der Waals surface area contributed by atoms with E-state index in [0.717, 1.165) is 18.8 Å². The van der Waals surface area contributed by atoms with Gasteiger partial charge in [-0.05, 0) is 24.8 Å². The van der Waals surface area contributed by atoms with Gasteiger partial charge in [0.1, 0.15) is 17.2 Å². The molecular weight excluding hydrogens is 235 g/mol. The number of carbonyl (C=O) groups is 1. The number of carboxylic acid groups (broad SMARTS) is 1. The van der Waals surface area contributed by atoms with E-state index in [1.807, 2.05) is 11.9 Å². The first kappa shape index (κ1) is 12.8. The van der Waals surface area contributed by atoms with Crippen molar-refractivity contribution in [1.82, 2.24) is 4.98 Å². The molecule has 1 aromatic heterocycles. The lowest BCUT2D eigenvalue weighted by molar-refractivity contribution is 0.0696. The number of aromatic nitrogens is 1. The Labute approximate surface area is 105 Å². The zero-order chi connectivity index (χ0) is 13.1. The molecule has 1 aliphatic rings. The van der Waals surface area contributed by atoms with Crippen LogP contribution in [-0.4, -0.2) is 29.7 Å². The Morgan fingerprint density at radius 2 is 2.22 bits per heavy atom. The van der Waals surface area contributed by atoms with E-state index in [-0.39, 0.29) is 5.56 Å². The Morgan fingerprint density at radius 1 is 1.56 bits per heavy atom. The summed E-state index contributed by atoms with van der Waals surface area (Å²) in [4.78, 5) is 16.8. The minimum absolute atomic E-state index is 0.0736. The molecule has 98 valence electrons. The first-order valence-electron chi connectivity index (χ1n) is 6.18. The Morgan fingerprint density at radius 3 is 2.83 bits per heavy atom. The summed E-state index contributed by atoms with van der Waals surface area (Å²) in [5, 5.41) is 9.07. The lowest BCUT2D eigenvalue weighted by Gasteiger charge is -2.23. The van der Waals surface area contributed by atoms with E-state index < -0.39 is 11.8 Å². The lowest BCUT2D eigenvalue weighted by Crippen LogP contribution is -2.26. The van der Waals surface area contributed by atoms with E-state index in [1.54, 1.807) is 0 Å². The van der Waals surface area contributed by atoms with E-state index in [9.17, 15) is 9.18 Å². The number of hydrogen-bond acceptors (Lipinski definition) is 3. The molecule has 18 heavy (non-hydrogen) atoms. The van der Waals surface area contributed by atoms with Crippen LogP contribution in [0.15, 0.2) is 12.3 Å². The Balaban J connectivity index is 2.17. The summed E-state index contributed by atoms with van der Waals surface area (Å²) in [5.74, 6) is -0.833. The monoisotopic (exact) mass is 252 g/mol. The zero-order valence-electron chi connectivity index (χ0n) is 10.4. The van der Waals surface area contributed by atoms with Crippen LogP contribution in [0.2, 0.25) is 0 Å². The number of carboxylic acids is 1. The molecule has 1 heterocycles. The number of aromatic carboxylic acids is 1. The molecular formula is C13H17FN2O2. The zero-order valence-corrected chi connectivity index (χ0v) is 10.4. The summed E-state index contributed by atoms with van der Waals surface area (Å²) in [7, 11) is 1.81. The molecule has 0 aromatic carbocycles. The number of anilines is 1. The number of rotatable bonds is 4. The number of halogens is 1. The molecule has 1 saturated carbocycles.